The second-order valence-electron chi connectivity index (χ2n) is 7.53. The molecular weight excluding hydrogens is 422 g/mol. The maximum absolute atomic E-state index is 12.9. The molecule has 0 spiro atoms. The Labute approximate surface area is 180 Å². The number of fused-ring (bicyclic) bond motifs is 1. The molecule has 1 fully saturated rings. The van der Waals surface area contributed by atoms with E-state index < -0.39 is 10.0 Å². The van der Waals surface area contributed by atoms with Crippen LogP contribution in [0.3, 0.4) is 0 Å². The molecule has 0 radical (unpaired) electrons. The second-order valence-corrected chi connectivity index (χ2v) is 9.84. The van der Waals surface area contributed by atoms with Crippen LogP contribution in [0.4, 0.5) is 5.69 Å². The van der Waals surface area contributed by atoms with Gasteiger partial charge in [-0.3, -0.25) is 9.78 Å². The number of benzene rings is 2. The zero-order valence-electron chi connectivity index (χ0n) is 16.8. The molecular formula is C22H22ClN3O3S. The van der Waals surface area contributed by atoms with E-state index in [0.29, 0.717) is 30.0 Å². The first-order valence-corrected chi connectivity index (χ1v) is 11.6. The molecule has 0 aliphatic carbocycles. The largest absolute Gasteiger partial charge is 0.322 e. The van der Waals surface area contributed by atoms with Crippen LogP contribution >= 0.6 is 11.6 Å². The molecule has 1 aliphatic rings. The minimum absolute atomic E-state index is 0.00727. The van der Waals surface area contributed by atoms with E-state index in [1.165, 1.54) is 16.4 Å². The lowest BCUT2D eigenvalue weighted by molar-refractivity contribution is 0.102. The van der Waals surface area contributed by atoms with Crippen molar-refractivity contribution in [3.63, 3.8) is 0 Å². The van der Waals surface area contributed by atoms with E-state index in [4.69, 9.17) is 11.6 Å². The molecule has 2 heterocycles. The second kappa shape index (κ2) is 7.98. The highest BCUT2D eigenvalue weighted by Crippen LogP contribution is 2.30. The number of aryl methyl sites for hydroxylation is 2. The van der Waals surface area contributed by atoms with Crippen LogP contribution in [0.25, 0.3) is 10.9 Å². The van der Waals surface area contributed by atoms with E-state index in [-0.39, 0.29) is 15.8 Å². The van der Waals surface area contributed by atoms with Crippen molar-refractivity contribution in [1.82, 2.24) is 9.29 Å². The van der Waals surface area contributed by atoms with Crippen molar-refractivity contribution in [2.24, 2.45) is 0 Å². The average molecular weight is 444 g/mol. The van der Waals surface area contributed by atoms with E-state index in [0.717, 1.165) is 29.3 Å². The van der Waals surface area contributed by atoms with Crippen molar-refractivity contribution < 1.29 is 13.2 Å². The van der Waals surface area contributed by atoms with Crippen LogP contribution in [0.2, 0.25) is 5.02 Å². The molecule has 0 bridgehead atoms. The Kier molecular flexibility index (Phi) is 5.53. The van der Waals surface area contributed by atoms with Crippen LogP contribution in [-0.2, 0) is 10.0 Å². The number of anilines is 1. The topological polar surface area (TPSA) is 79.4 Å². The van der Waals surface area contributed by atoms with Crippen molar-refractivity contribution in [3.05, 3.63) is 64.3 Å². The third-order valence-corrected chi connectivity index (χ3v) is 7.66. The maximum Gasteiger partial charge on any atom is 0.257 e. The predicted molar refractivity (Wildman–Crippen MR) is 119 cm³/mol. The summed E-state index contributed by atoms with van der Waals surface area (Å²) in [5.41, 5.74) is 3.30. The number of hydrogen-bond acceptors (Lipinski definition) is 4. The molecule has 3 aromatic rings. The normalized spacial score (nSPS) is 14.9. The molecule has 30 heavy (non-hydrogen) atoms. The smallest absolute Gasteiger partial charge is 0.257 e. The molecule has 8 heteroatoms. The number of carbonyl (C=O) groups is 1. The van der Waals surface area contributed by atoms with Gasteiger partial charge >= 0.3 is 0 Å². The number of sulfonamides is 1. The van der Waals surface area contributed by atoms with Crippen LogP contribution in [-0.4, -0.2) is 36.7 Å². The summed E-state index contributed by atoms with van der Waals surface area (Å²) < 4.78 is 27.3. The number of amides is 1. The Morgan fingerprint density at radius 2 is 1.80 bits per heavy atom. The monoisotopic (exact) mass is 443 g/mol. The molecule has 4 rings (SSSR count). The van der Waals surface area contributed by atoms with Crippen LogP contribution in [0, 0.1) is 13.8 Å². The van der Waals surface area contributed by atoms with E-state index >= 15 is 0 Å². The number of rotatable bonds is 4. The van der Waals surface area contributed by atoms with Crippen LogP contribution in [0.15, 0.2) is 47.4 Å². The molecule has 1 saturated heterocycles. The first-order valence-electron chi connectivity index (χ1n) is 9.75. The highest BCUT2D eigenvalue weighted by molar-refractivity contribution is 7.89. The number of aromatic nitrogens is 1. The molecule has 2 aromatic carbocycles. The van der Waals surface area contributed by atoms with Gasteiger partial charge in [-0.25, -0.2) is 8.42 Å². The third kappa shape index (κ3) is 3.93. The summed E-state index contributed by atoms with van der Waals surface area (Å²) >= 11 is 6.19. The van der Waals surface area contributed by atoms with Gasteiger partial charge in [-0.2, -0.15) is 4.31 Å². The minimum Gasteiger partial charge on any atom is -0.322 e. The minimum atomic E-state index is -3.70. The summed E-state index contributed by atoms with van der Waals surface area (Å²) in [5, 5.41) is 3.80. The molecule has 0 unspecified atom stereocenters. The first-order chi connectivity index (χ1) is 14.3. The molecule has 1 aromatic heterocycles. The van der Waals surface area contributed by atoms with Gasteiger partial charge in [0.1, 0.15) is 4.90 Å². The number of halogens is 1. The lowest BCUT2D eigenvalue weighted by Crippen LogP contribution is -2.28. The third-order valence-electron chi connectivity index (χ3n) is 5.28. The number of carbonyl (C=O) groups excluding carboxylic acids is 1. The SMILES string of the molecule is Cc1ccc2nc(C)c(C(=O)Nc3ccc(Cl)c(S(=O)(=O)N4CCCC4)c3)cc2c1. The maximum atomic E-state index is 12.9. The van der Waals surface area contributed by atoms with Crippen molar-refractivity contribution in [2.75, 3.05) is 18.4 Å². The molecule has 0 saturated carbocycles. The Morgan fingerprint density at radius 1 is 1.07 bits per heavy atom. The first kappa shape index (κ1) is 20.8. The van der Waals surface area contributed by atoms with Gasteiger partial charge < -0.3 is 5.32 Å². The highest BCUT2D eigenvalue weighted by atomic mass is 35.5. The molecule has 0 atom stereocenters. The molecule has 6 nitrogen and oxygen atoms in total. The van der Waals surface area contributed by atoms with Crippen LogP contribution in [0.5, 0.6) is 0 Å². The average Bonchev–Trinajstić information content (AvgIpc) is 3.25. The Bertz CT molecular complexity index is 1250. The highest BCUT2D eigenvalue weighted by Gasteiger charge is 2.29. The van der Waals surface area contributed by atoms with E-state index in [9.17, 15) is 13.2 Å². The lowest BCUT2D eigenvalue weighted by atomic mass is 10.1. The van der Waals surface area contributed by atoms with Gasteiger partial charge in [0.15, 0.2) is 0 Å². The lowest BCUT2D eigenvalue weighted by Gasteiger charge is -2.17. The fourth-order valence-corrected chi connectivity index (χ4v) is 5.68. The molecule has 1 aliphatic heterocycles. The number of pyridine rings is 1. The standard InChI is InChI=1S/C22H22ClN3O3S/c1-14-5-8-20-16(11-14)12-18(15(2)24-20)22(27)25-17-6-7-19(23)21(13-17)30(28,29)26-9-3-4-10-26/h5-8,11-13H,3-4,9-10H2,1-2H3,(H,25,27). The van der Waals surface area contributed by atoms with E-state index in [1.54, 1.807) is 19.1 Å². The zero-order chi connectivity index (χ0) is 21.5. The van der Waals surface area contributed by atoms with E-state index in [2.05, 4.69) is 10.3 Å². The Morgan fingerprint density at radius 3 is 2.53 bits per heavy atom. The summed E-state index contributed by atoms with van der Waals surface area (Å²) in [5.74, 6) is -0.352. The van der Waals surface area contributed by atoms with Gasteiger partial charge in [-0.15, -0.1) is 0 Å². The van der Waals surface area contributed by atoms with Gasteiger partial charge in [-0.05, 0) is 63.1 Å². The van der Waals surface area contributed by atoms with E-state index in [1.807, 2.05) is 25.1 Å². The van der Waals surface area contributed by atoms with Crippen molar-refractivity contribution in [2.45, 2.75) is 31.6 Å². The quantitative estimate of drug-likeness (QED) is 0.641. The van der Waals surface area contributed by atoms with Crippen LogP contribution < -0.4 is 5.32 Å². The Hall–Kier alpha value is -2.48. The summed E-state index contributed by atoms with van der Waals surface area (Å²) in [4.78, 5) is 17.4. The predicted octanol–water partition coefficient (Wildman–Crippen LogP) is 4.54. The number of nitrogens with one attached hydrogen (secondary N) is 1. The molecule has 1 N–H and O–H groups in total. The van der Waals surface area contributed by atoms with Crippen molar-refractivity contribution in [1.29, 1.82) is 0 Å². The summed E-state index contributed by atoms with van der Waals surface area (Å²) in [6, 6.07) is 12.2. The molecule has 156 valence electrons. The summed E-state index contributed by atoms with van der Waals surface area (Å²) in [6.45, 7) is 4.72. The fraction of sp³-hybridized carbons (Fsp3) is 0.273. The number of hydrogen-bond donors (Lipinski definition) is 1. The van der Waals surface area contributed by atoms with Crippen molar-refractivity contribution in [3.8, 4) is 0 Å². The fourth-order valence-electron chi connectivity index (χ4n) is 3.67. The van der Waals surface area contributed by atoms with Crippen molar-refractivity contribution >= 4 is 44.1 Å². The molecule has 1 amide bonds. The van der Waals surface area contributed by atoms with Gasteiger partial charge in [0.05, 0.1) is 21.8 Å². The summed E-state index contributed by atoms with van der Waals surface area (Å²) in [6.07, 6.45) is 1.67. The summed E-state index contributed by atoms with van der Waals surface area (Å²) in [7, 11) is -3.70. The van der Waals surface area contributed by atoms with Gasteiger partial charge in [0.25, 0.3) is 5.91 Å². The number of nitrogens with zero attached hydrogens (tertiary/aromatic N) is 2. The Balaban J connectivity index is 1.65. The van der Waals surface area contributed by atoms with Crippen LogP contribution in [0.1, 0.15) is 34.5 Å². The van der Waals surface area contributed by atoms with Gasteiger partial charge in [0, 0.05) is 24.2 Å². The van der Waals surface area contributed by atoms with Gasteiger partial charge in [0.2, 0.25) is 10.0 Å². The zero-order valence-corrected chi connectivity index (χ0v) is 18.3. The van der Waals surface area contributed by atoms with Gasteiger partial charge in [-0.1, -0.05) is 23.2 Å².